The van der Waals surface area contributed by atoms with Crippen molar-refractivity contribution in [2.45, 2.75) is 25.8 Å². The fraction of sp³-hybridized carbons (Fsp3) is 0.286. The molecule has 2 aromatic carbocycles. The molecule has 0 aliphatic carbocycles. The van der Waals surface area contributed by atoms with E-state index in [1.807, 2.05) is 0 Å². The molecule has 1 saturated heterocycles. The van der Waals surface area contributed by atoms with Gasteiger partial charge in [-0.25, -0.2) is 0 Å². The molecule has 9 heteroatoms. The minimum Gasteiger partial charge on any atom is -0.504 e. The Kier molecular flexibility index (Phi) is 6.10. The molecule has 0 saturated carbocycles. The van der Waals surface area contributed by atoms with Gasteiger partial charge < -0.3 is 30.3 Å². The molecule has 0 atom stereocenters. The SMILES string of the molecule is CC(=O)Oc1cccc(C(=O)N2CCC(NC(=O)c3cc(O)c(O)c(O)c3)CC2)c1. The number of esters is 1. The minimum absolute atomic E-state index is 0.0172. The summed E-state index contributed by atoms with van der Waals surface area (Å²) < 4.78 is 5.01. The van der Waals surface area contributed by atoms with E-state index in [1.165, 1.54) is 13.0 Å². The largest absolute Gasteiger partial charge is 0.504 e. The number of carbonyl (C=O) groups excluding carboxylic acids is 3. The number of likely N-dealkylation sites (tertiary alicyclic amines) is 1. The number of ether oxygens (including phenoxy) is 1. The van der Waals surface area contributed by atoms with Crippen molar-refractivity contribution < 1.29 is 34.4 Å². The number of aromatic hydroxyl groups is 3. The Hall–Kier alpha value is -3.75. The van der Waals surface area contributed by atoms with Crippen LogP contribution >= 0.6 is 0 Å². The Morgan fingerprint density at radius 1 is 1.00 bits per heavy atom. The highest BCUT2D eigenvalue weighted by atomic mass is 16.5. The number of phenols is 3. The molecule has 0 radical (unpaired) electrons. The summed E-state index contributed by atoms with van der Waals surface area (Å²) >= 11 is 0. The van der Waals surface area contributed by atoms with Crippen molar-refractivity contribution in [1.82, 2.24) is 10.2 Å². The van der Waals surface area contributed by atoms with E-state index in [0.29, 0.717) is 37.2 Å². The van der Waals surface area contributed by atoms with Crippen LogP contribution in [0.15, 0.2) is 36.4 Å². The van der Waals surface area contributed by atoms with E-state index >= 15 is 0 Å². The van der Waals surface area contributed by atoms with E-state index in [2.05, 4.69) is 5.32 Å². The summed E-state index contributed by atoms with van der Waals surface area (Å²) in [4.78, 5) is 37.8. The number of amides is 2. The van der Waals surface area contributed by atoms with E-state index in [1.54, 1.807) is 23.1 Å². The Morgan fingerprint density at radius 2 is 1.63 bits per heavy atom. The number of piperidine rings is 1. The van der Waals surface area contributed by atoms with Crippen LogP contribution < -0.4 is 10.1 Å². The molecule has 1 aliphatic heterocycles. The monoisotopic (exact) mass is 414 g/mol. The van der Waals surface area contributed by atoms with E-state index < -0.39 is 29.1 Å². The number of rotatable bonds is 4. The third kappa shape index (κ3) is 4.80. The fourth-order valence-electron chi connectivity index (χ4n) is 3.27. The second-order valence-corrected chi connectivity index (χ2v) is 7.02. The van der Waals surface area contributed by atoms with Gasteiger partial charge in [-0.3, -0.25) is 14.4 Å². The molecule has 0 spiro atoms. The number of hydrogen-bond donors (Lipinski definition) is 4. The normalized spacial score (nSPS) is 14.2. The number of carbonyl (C=O) groups is 3. The number of nitrogens with one attached hydrogen (secondary N) is 1. The maximum absolute atomic E-state index is 12.7. The average Bonchev–Trinajstić information content (AvgIpc) is 2.71. The minimum atomic E-state index is -0.684. The maximum Gasteiger partial charge on any atom is 0.308 e. The van der Waals surface area contributed by atoms with Gasteiger partial charge in [0.1, 0.15) is 5.75 Å². The first kappa shape index (κ1) is 21.0. The van der Waals surface area contributed by atoms with Crippen molar-refractivity contribution in [2.75, 3.05) is 13.1 Å². The summed E-state index contributed by atoms with van der Waals surface area (Å²) in [6.45, 7) is 2.13. The van der Waals surface area contributed by atoms with Gasteiger partial charge in [0.15, 0.2) is 17.2 Å². The molecular weight excluding hydrogens is 392 g/mol. The van der Waals surface area contributed by atoms with Gasteiger partial charge >= 0.3 is 5.97 Å². The predicted octanol–water partition coefficient (Wildman–Crippen LogP) is 1.76. The topological polar surface area (TPSA) is 136 Å². The molecule has 158 valence electrons. The average molecular weight is 414 g/mol. The van der Waals surface area contributed by atoms with Crippen LogP contribution in [0.4, 0.5) is 0 Å². The number of hydrogen-bond acceptors (Lipinski definition) is 7. The molecule has 2 aromatic rings. The molecule has 1 fully saturated rings. The van der Waals surface area contributed by atoms with Crippen LogP contribution in [0.25, 0.3) is 0 Å². The Labute approximate surface area is 172 Å². The lowest BCUT2D eigenvalue weighted by Crippen LogP contribution is -2.46. The summed E-state index contributed by atoms with van der Waals surface area (Å²) in [6.07, 6.45) is 1.05. The Balaban J connectivity index is 1.57. The van der Waals surface area contributed by atoms with Gasteiger partial charge in [0.25, 0.3) is 11.8 Å². The molecule has 9 nitrogen and oxygen atoms in total. The number of benzene rings is 2. The molecule has 4 N–H and O–H groups in total. The van der Waals surface area contributed by atoms with Crippen LogP contribution in [0.1, 0.15) is 40.5 Å². The summed E-state index contributed by atoms with van der Waals surface area (Å²) in [5.41, 5.74) is 0.426. The van der Waals surface area contributed by atoms with E-state index in [4.69, 9.17) is 4.74 Å². The second-order valence-electron chi connectivity index (χ2n) is 7.02. The maximum atomic E-state index is 12.7. The van der Waals surface area contributed by atoms with Crippen molar-refractivity contribution in [3.63, 3.8) is 0 Å². The molecule has 1 aliphatic rings. The van der Waals surface area contributed by atoms with Gasteiger partial charge in [-0.15, -0.1) is 0 Å². The highest BCUT2D eigenvalue weighted by Gasteiger charge is 2.25. The molecule has 30 heavy (non-hydrogen) atoms. The van der Waals surface area contributed by atoms with Crippen LogP contribution in [-0.4, -0.2) is 57.1 Å². The molecule has 1 heterocycles. The van der Waals surface area contributed by atoms with Crippen molar-refractivity contribution in [2.24, 2.45) is 0 Å². The smallest absolute Gasteiger partial charge is 0.308 e. The Bertz CT molecular complexity index is 958. The molecular formula is C21H22N2O7. The first-order valence-electron chi connectivity index (χ1n) is 9.38. The first-order valence-corrected chi connectivity index (χ1v) is 9.38. The van der Waals surface area contributed by atoms with Gasteiger partial charge in [0, 0.05) is 37.2 Å². The van der Waals surface area contributed by atoms with Crippen molar-refractivity contribution in [3.8, 4) is 23.0 Å². The van der Waals surface area contributed by atoms with Gasteiger partial charge in [0.2, 0.25) is 0 Å². The lowest BCUT2D eigenvalue weighted by atomic mass is 10.0. The number of phenolic OH excluding ortho intramolecular Hbond substituents is 3. The van der Waals surface area contributed by atoms with E-state index in [-0.39, 0.29) is 17.5 Å². The Morgan fingerprint density at radius 3 is 2.23 bits per heavy atom. The van der Waals surface area contributed by atoms with Crippen molar-refractivity contribution >= 4 is 17.8 Å². The van der Waals surface area contributed by atoms with Crippen LogP contribution in [0.3, 0.4) is 0 Å². The molecule has 0 unspecified atom stereocenters. The van der Waals surface area contributed by atoms with Crippen LogP contribution in [0.2, 0.25) is 0 Å². The predicted molar refractivity (Wildman–Crippen MR) is 106 cm³/mol. The van der Waals surface area contributed by atoms with E-state index in [9.17, 15) is 29.7 Å². The van der Waals surface area contributed by atoms with Gasteiger partial charge in [-0.2, -0.15) is 0 Å². The van der Waals surface area contributed by atoms with E-state index in [0.717, 1.165) is 12.1 Å². The van der Waals surface area contributed by atoms with Gasteiger partial charge in [-0.1, -0.05) is 6.07 Å². The highest BCUT2D eigenvalue weighted by Crippen LogP contribution is 2.35. The van der Waals surface area contributed by atoms with Crippen molar-refractivity contribution in [3.05, 3.63) is 47.5 Å². The summed E-state index contributed by atoms with van der Waals surface area (Å²) in [5.74, 6) is -2.71. The van der Waals surface area contributed by atoms with Gasteiger partial charge in [0.05, 0.1) is 0 Å². The zero-order valence-corrected chi connectivity index (χ0v) is 16.3. The first-order chi connectivity index (χ1) is 14.2. The summed E-state index contributed by atoms with van der Waals surface area (Å²) in [6, 6.07) is 8.35. The number of nitrogens with zero attached hydrogens (tertiary/aromatic N) is 1. The molecule has 0 bridgehead atoms. The lowest BCUT2D eigenvalue weighted by Gasteiger charge is -2.32. The zero-order valence-electron chi connectivity index (χ0n) is 16.3. The molecule has 0 aromatic heterocycles. The zero-order chi connectivity index (χ0) is 21.8. The quantitative estimate of drug-likeness (QED) is 0.340. The lowest BCUT2D eigenvalue weighted by molar-refractivity contribution is -0.131. The highest BCUT2D eigenvalue weighted by molar-refractivity contribution is 5.96. The fourth-order valence-corrected chi connectivity index (χ4v) is 3.27. The second kappa shape index (κ2) is 8.73. The third-order valence-electron chi connectivity index (χ3n) is 4.79. The van der Waals surface area contributed by atoms with Crippen LogP contribution in [0.5, 0.6) is 23.0 Å². The van der Waals surface area contributed by atoms with Crippen LogP contribution in [0, 0.1) is 0 Å². The molecule has 3 rings (SSSR count). The van der Waals surface area contributed by atoms with Crippen LogP contribution in [-0.2, 0) is 4.79 Å². The van der Waals surface area contributed by atoms with Crippen molar-refractivity contribution in [1.29, 1.82) is 0 Å². The standard InChI is InChI=1S/C21H22N2O7/c1-12(24)30-16-4-2-3-13(9-16)21(29)23-7-5-15(6-8-23)22-20(28)14-10-17(25)19(27)18(26)11-14/h2-4,9-11,15,25-27H,5-8H2,1H3,(H,22,28). The summed E-state index contributed by atoms with van der Waals surface area (Å²) in [5, 5.41) is 31.3. The summed E-state index contributed by atoms with van der Waals surface area (Å²) in [7, 11) is 0. The third-order valence-corrected chi connectivity index (χ3v) is 4.79. The molecule has 2 amide bonds. The van der Waals surface area contributed by atoms with Gasteiger partial charge in [-0.05, 0) is 43.2 Å².